The fourth-order valence-electron chi connectivity index (χ4n) is 1.97. The molecule has 0 radical (unpaired) electrons. The van der Waals surface area contributed by atoms with Crippen molar-refractivity contribution in [1.82, 2.24) is 9.97 Å². The first-order valence-electron chi connectivity index (χ1n) is 6.35. The van der Waals surface area contributed by atoms with Crippen LogP contribution in [0.25, 0.3) is 0 Å². The summed E-state index contributed by atoms with van der Waals surface area (Å²) in [7, 11) is 0. The van der Waals surface area contributed by atoms with Crippen molar-refractivity contribution in [3.63, 3.8) is 0 Å². The number of nitrogens with zero attached hydrogens (tertiary/aromatic N) is 2. The molecule has 2 aromatic rings. The normalized spacial score (nSPS) is 10.6. The number of rotatable bonds is 5. The van der Waals surface area contributed by atoms with Gasteiger partial charge in [-0.1, -0.05) is 28.9 Å². The van der Waals surface area contributed by atoms with E-state index in [9.17, 15) is 0 Å². The molecule has 0 saturated carbocycles. The third-order valence-electron chi connectivity index (χ3n) is 2.91. The second-order valence-electron chi connectivity index (χ2n) is 4.30. The highest BCUT2D eigenvalue weighted by Gasteiger charge is 2.09. The van der Waals surface area contributed by atoms with Gasteiger partial charge in [-0.15, -0.1) is 11.8 Å². The minimum absolute atomic E-state index is 0.718. The van der Waals surface area contributed by atoms with Gasteiger partial charge in [0.15, 0.2) is 0 Å². The number of nitrogen functional groups attached to an aromatic ring is 1. The summed E-state index contributed by atoms with van der Waals surface area (Å²) >= 11 is 5.18. The van der Waals surface area contributed by atoms with Crippen LogP contribution in [0.2, 0.25) is 0 Å². The maximum Gasteiger partial charge on any atom is 0.147 e. The lowest BCUT2D eigenvalue weighted by Crippen LogP contribution is -2.14. The van der Waals surface area contributed by atoms with Crippen LogP contribution in [0, 0.1) is 6.92 Å². The molecule has 2 rings (SSSR count). The Kier molecular flexibility index (Phi) is 5.39. The van der Waals surface area contributed by atoms with Crippen LogP contribution in [-0.4, -0.2) is 9.97 Å². The summed E-state index contributed by atoms with van der Waals surface area (Å²) in [6, 6.07) is 8.19. The van der Waals surface area contributed by atoms with Gasteiger partial charge in [0, 0.05) is 20.6 Å². The molecule has 0 aliphatic heterocycles. The minimum Gasteiger partial charge on any atom is -0.308 e. The second-order valence-corrected chi connectivity index (χ2v) is 6.26. The number of aromatic nitrogens is 2. The van der Waals surface area contributed by atoms with Gasteiger partial charge in [-0.3, -0.25) is 0 Å². The van der Waals surface area contributed by atoms with Gasteiger partial charge in [0.1, 0.15) is 11.6 Å². The predicted octanol–water partition coefficient (Wildman–Crippen LogP) is 3.69. The largest absolute Gasteiger partial charge is 0.308 e. The van der Waals surface area contributed by atoms with E-state index in [4.69, 9.17) is 5.84 Å². The van der Waals surface area contributed by atoms with E-state index >= 15 is 0 Å². The van der Waals surface area contributed by atoms with Crippen molar-refractivity contribution in [3.05, 3.63) is 45.8 Å². The molecule has 0 bridgehead atoms. The summed E-state index contributed by atoms with van der Waals surface area (Å²) in [4.78, 5) is 10.2. The van der Waals surface area contributed by atoms with E-state index < -0.39 is 0 Å². The zero-order valence-corrected chi connectivity index (χ0v) is 13.9. The fraction of sp³-hybridized carbons (Fsp3) is 0.286. The number of hydrazine groups is 1. The van der Waals surface area contributed by atoms with Gasteiger partial charge in [-0.2, -0.15) is 0 Å². The number of nitrogens with one attached hydrogen (secondary N) is 1. The number of anilines is 1. The molecule has 0 atom stereocenters. The Morgan fingerprint density at radius 1 is 1.35 bits per heavy atom. The van der Waals surface area contributed by atoms with E-state index in [1.54, 1.807) is 11.8 Å². The molecule has 106 valence electrons. The van der Waals surface area contributed by atoms with Crippen LogP contribution in [0.4, 0.5) is 5.82 Å². The highest BCUT2D eigenvalue weighted by Crippen LogP contribution is 2.25. The molecule has 3 N–H and O–H groups in total. The monoisotopic (exact) mass is 352 g/mol. The van der Waals surface area contributed by atoms with Crippen molar-refractivity contribution in [1.29, 1.82) is 0 Å². The number of aryl methyl sites for hydroxylation is 1. The summed E-state index contributed by atoms with van der Waals surface area (Å²) in [5.74, 6) is 7.77. The fourth-order valence-corrected chi connectivity index (χ4v) is 3.33. The lowest BCUT2D eigenvalue weighted by Gasteiger charge is -2.11. The first-order chi connectivity index (χ1) is 9.63. The average molecular weight is 353 g/mol. The summed E-state index contributed by atoms with van der Waals surface area (Å²) in [6.07, 6.45) is 0.865. The smallest absolute Gasteiger partial charge is 0.147 e. The van der Waals surface area contributed by atoms with Gasteiger partial charge in [-0.25, -0.2) is 15.8 Å². The molecule has 0 amide bonds. The van der Waals surface area contributed by atoms with E-state index in [0.717, 1.165) is 39.5 Å². The molecule has 0 aliphatic rings. The summed E-state index contributed by atoms with van der Waals surface area (Å²) in [5.41, 5.74) is 4.73. The van der Waals surface area contributed by atoms with Crippen molar-refractivity contribution < 1.29 is 0 Å². The maximum atomic E-state index is 5.54. The Hall–Kier alpha value is -1.11. The Morgan fingerprint density at radius 2 is 2.15 bits per heavy atom. The second kappa shape index (κ2) is 7.06. The highest BCUT2D eigenvalue weighted by molar-refractivity contribution is 9.10. The summed E-state index contributed by atoms with van der Waals surface area (Å²) in [5, 5.41) is 0. The molecule has 1 heterocycles. The lowest BCUT2D eigenvalue weighted by atomic mass is 10.2. The van der Waals surface area contributed by atoms with Gasteiger partial charge in [-0.05, 0) is 31.5 Å². The average Bonchev–Trinajstić information content (AvgIpc) is 2.44. The molecular formula is C14H17BrN4S. The number of thioether (sulfide) groups is 1. The van der Waals surface area contributed by atoms with E-state index in [-0.39, 0.29) is 0 Å². The molecule has 1 aromatic heterocycles. The van der Waals surface area contributed by atoms with Crippen LogP contribution in [0.5, 0.6) is 0 Å². The number of hydrogen-bond donors (Lipinski definition) is 2. The van der Waals surface area contributed by atoms with E-state index in [0.29, 0.717) is 0 Å². The van der Waals surface area contributed by atoms with Crippen LogP contribution in [-0.2, 0) is 12.2 Å². The lowest BCUT2D eigenvalue weighted by molar-refractivity contribution is 0.935. The van der Waals surface area contributed by atoms with Gasteiger partial charge in [0.2, 0.25) is 0 Å². The molecule has 0 spiro atoms. The molecule has 20 heavy (non-hydrogen) atoms. The molecular weight excluding hydrogens is 336 g/mol. The van der Waals surface area contributed by atoms with Gasteiger partial charge >= 0.3 is 0 Å². The van der Waals surface area contributed by atoms with Gasteiger partial charge in [0.25, 0.3) is 0 Å². The number of nitrogens with two attached hydrogens (primary N) is 1. The summed E-state index contributed by atoms with van der Waals surface area (Å²) in [6.45, 7) is 4.07. The predicted molar refractivity (Wildman–Crippen MR) is 87.7 cm³/mol. The van der Waals surface area contributed by atoms with Crippen LogP contribution in [0.3, 0.4) is 0 Å². The van der Waals surface area contributed by atoms with Crippen molar-refractivity contribution in [3.8, 4) is 0 Å². The first-order valence-corrected chi connectivity index (χ1v) is 8.13. The third-order valence-corrected chi connectivity index (χ3v) is 4.40. The van der Waals surface area contributed by atoms with E-state index in [2.05, 4.69) is 50.4 Å². The van der Waals surface area contributed by atoms with Crippen LogP contribution in [0.15, 0.2) is 33.6 Å². The number of benzene rings is 1. The van der Waals surface area contributed by atoms with E-state index in [1.807, 2.05) is 19.1 Å². The molecule has 1 aromatic carbocycles. The van der Waals surface area contributed by atoms with Crippen LogP contribution in [0.1, 0.15) is 24.0 Å². The standard InChI is InChI=1S/C14H17BrN4S/c1-3-12-9(2)17-13(18-14(12)19-16)8-20-11-6-4-5-10(15)7-11/h4-7H,3,8,16H2,1-2H3,(H,17,18,19). The van der Waals surface area contributed by atoms with Crippen LogP contribution >= 0.6 is 27.7 Å². The number of halogens is 1. The first kappa shape index (κ1) is 15.3. The molecule has 0 fully saturated rings. The quantitative estimate of drug-likeness (QED) is 0.488. The Morgan fingerprint density at radius 3 is 2.80 bits per heavy atom. The zero-order chi connectivity index (χ0) is 14.5. The van der Waals surface area contributed by atoms with Gasteiger partial charge < -0.3 is 5.43 Å². The van der Waals surface area contributed by atoms with E-state index in [1.165, 1.54) is 4.90 Å². The SMILES string of the molecule is CCc1c(C)nc(CSc2cccc(Br)c2)nc1NN. The Balaban J connectivity index is 2.16. The Bertz CT molecular complexity index is 604. The third kappa shape index (κ3) is 3.71. The summed E-state index contributed by atoms with van der Waals surface area (Å²) < 4.78 is 1.07. The molecule has 0 aliphatic carbocycles. The van der Waals surface area contributed by atoms with Crippen molar-refractivity contribution in [2.24, 2.45) is 5.84 Å². The topological polar surface area (TPSA) is 63.8 Å². The molecule has 6 heteroatoms. The highest BCUT2D eigenvalue weighted by atomic mass is 79.9. The zero-order valence-electron chi connectivity index (χ0n) is 11.5. The Labute approximate surface area is 131 Å². The van der Waals surface area contributed by atoms with Crippen molar-refractivity contribution >= 4 is 33.5 Å². The van der Waals surface area contributed by atoms with Crippen molar-refractivity contribution in [2.45, 2.75) is 30.9 Å². The number of hydrogen-bond acceptors (Lipinski definition) is 5. The minimum atomic E-state index is 0.718. The van der Waals surface area contributed by atoms with Crippen LogP contribution < -0.4 is 11.3 Å². The van der Waals surface area contributed by atoms with Crippen molar-refractivity contribution in [2.75, 3.05) is 5.43 Å². The molecule has 0 saturated heterocycles. The van der Waals surface area contributed by atoms with Gasteiger partial charge in [0.05, 0.1) is 5.75 Å². The maximum absolute atomic E-state index is 5.54. The molecule has 4 nitrogen and oxygen atoms in total. The molecule has 0 unspecified atom stereocenters.